The van der Waals surface area contributed by atoms with Gasteiger partial charge in [-0.05, 0) is 67.6 Å². The van der Waals surface area contributed by atoms with Gasteiger partial charge in [0.2, 0.25) is 0 Å². The summed E-state index contributed by atoms with van der Waals surface area (Å²) in [6, 6.07) is 10.8. The Hall–Kier alpha value is -2.94. The molecule has 0 aliphatic carbocycles. The monoisotopic (exact) mass is 510 g/mol. The number of ether oxygens (including phenoxy) is 2. The van der Waals surface area contributed by atoms with Crippen LogP contribution in [0.5, 0.6) is 0 Å². The second-order valence-electron chi connectivity index (χ2n) is 9.54. The summed E-state index contributed by atoms with van der Waals surface area (Å²) in [5, 5.41) is 9.33. The Kier molecular flexibility index (Phi) is 7.55. The van der Waals surface area contributed by atoms with E-state index in [4.69, 9.17) is 26.2 Å². The van der Waals surface area contributed by atoms with Gasteiger partial charge in [0.25, 0.3) is 11.8 Å². The summed E-state index contributed by atoms with van der Waals surface area (Å²) in [6.45, 7) is 6.29. The molecule has 0 spiro atoms. The number of nitrogens with one attached hydrogen (secondary N) is 1. The van der Waals surface area contributed by atoms with Crippen molar-refractivity contribution in [2.75, 3.05) is 39.5 Å². The van der Waals surface area contributed by atoms with Crippen LogP contribution in [0.4, 0.5) is 0 Å². The summed E-state index contributed by atoms with van der Waals surface area (Å²) < 4.78 is 13.0. The zero-order valence-electron chi connectivity index (χ0n) is 20.4. The summed E-state index contributed by atoms with van der Waals surface area (Å²) in [5.74, 6) is 0.377. The van der Waals surface area contributed by atoms with Gasteiger partial charge in [-0.3, -0.25) is 14.3 Å². The number of halogens is 1. The summed E-state index contributed by atoms with van der Waals surface area (Å²) in [4.78, 5) is 27.5. The third-order valence-electron chi connectivity index (χ3n) is 7.06. The van der Waals surface area contributed by atoms with Crippen LogP contribution >= 0.6 is 11.6 Å². The van der Waals surface area contributed by atoms with Crippen molar-refractivity contribution in [1.29, 1.82) is 0 Å². The molecular weight excluding hydrogens is 480 g/mol. The van der Waals surface area contributed by atoms with Crippen molar-refractivity contribution < 1.29 is 19.1 Å². The van der Waals surface area contributed by atoms with E-state index in [1.165, 1.54) is 0 Å². The maximum Gasteiger partial charge on any atom is 0.253 e. The molecule has 0 saturated carbocycles. The summed E-state index contributed by atoms with van der Waals surface area (Å²) in [6.07, 6.45) is 3.78. The Morgan fingerprint density at radius 1 is 1.11 bits per heavy atom. The molecule has 9 heteroatoms. The van der Waals surface area contributed by atoms with Gasteiger partial charge in [0, 0.05) is 53.9 Å². The fourth-order valence-electron chi connectivity index (χ4n) is 4.93. The van der Waals surface area contributed by atoms with E-state index < -0.39 is 0 Å². The molecule has 2 aromatic carbocycles. The second kappa shape index (κ2) is 11.0. The maximum absolute atomic E-state index is 12.8. The number of benzene rings is 2. The molecule has 36 heavy (non-hydrogen) atoms. The third kappa shape index (κ3) is 5.56. The van der Waals surface area contributed by atoms with Crippen LogP contribution in [-0.2, 0) is 16.0 Å². The number of rotatable bonds is 6. The van der Waals surface area contributed by atoms with Crippen molar-refractivity contribution in [2.24, 2.45) is 5.92 Å². The molecule has 2 aliphatic rings. The van der Waals surface area contributed by atoms with E-state index in [1.807, 2.05) is 34.8 Å². The molecule has 1 N–H and O–H groups in total. The van der Waals surface area contributed by atoms with Gasteiger partial charge in [-0.25, -0.2) is 0 Å². The fourth-order valence-corrected chi connectivity index (χ4v) is 5.06. The largest absolute Gasteiger partial charge is 0.376 e. The van der Waals surface area contributed by atoms with Crippen LogP contribution in [0, 0.1) is 12.8 Å². The number of nitrogens with zero attached hydrogens (tertiary/aromatic N) is 3. The Morgan fingerprint density at radius 3 is 2.61 bits per heavy atom. The number of aromatic nitrogens is 2. The highest BCUT2D eigenvalue weighted by atomic mass is 35.5. The van der Waals surface area contributed by atoms with Gasteiger partial charge >= 0.3 is 0 Å². The lowest BCUT2D eigenvalue weighted by Gasteiger charge is -2.32. The van der Waals surface area contributed by atoms with Gasteiger partial charge < -0.3 is 19.7 Å². The number of carbonyl (C=O) groups excluding carboxylic acids is 2. The first-order chi connectivity index (χ1) is 17.5. The summed E-state index contributed by atoms with van der Waals surface area (Å²) in [5.41, 5.74) is 3.11. The molecular formula is C27H31ClN4O4. The molecule has 0 radical (unpaired) electrons. The van der Waals surface area contributed by atoms with Gasteiger partial charge in [0.1, 0.15) is 0 Å². The van der Waals surface area contributed by atoms with Crippen LogP contribution in [0.15, 0.2) is 42.6 Å². The molecule has 2 amide bonds. The van der Waals surface area contributed by atoms with Gasteiger partial charge in [0.05, 0.1) is 31.4 Å². The van der Waals surface area contributed by atoms with E-state index in [0.717, 1.165) is 48.9 Å². The van der Waals surface area contributed by atoms with Crippen molar-refractivity contribution in [2.45, 2.75) is 32.4 Å². The molecule has 8 nitrogen and oxygen atoms in total. The maximum atomic E-state index is 12.8. The Balaban J connectivity index is 1.18. The van der Waals surface area contributed by atoms with Crippen molar-refractivity contribution in [1.82, 2.24) is 20.0 Å². The van der Waals surface area contributed by atoms with E-state index in [2.05, 4.69) is 5.32 Å². The summed E-state index contributed by atoms with van der Waals surface area (Å²) >= 11 is 5.94. The minimum Gasteiger partial charge on any atom is -0.376 e. The number of piperidine rings is 1. The third-order valence-corrected chi connectivity index (χ3v) is 7.32. The minimum atomic E-state index is -0.117. The highest BCUT2D eigenvalue weighted by Crippen LogP contribution is 2.25. The van der Waals surface area contributed by atoms with Gasteiger partial charge in [-0.15, -0.1) is 0 Å². The Morgan fingerprint density at radius 2 is 1.89 bits per heavy atom. The Labute approximate surface area is 215 Å². The first-order valence-electron chi connectivity index (χ1n) is 12.5. The van der Waals surface area contributed by atoms with Gasteiger partial charge in [-0.1, -0.05) is 11.6 Å². The molecule has 1 aromatic heterocycles. The molecule has 5 rings (SSSR count). The van der Waals surface area contributed by atoms with Crippen molar-refractivity contribution in [3.05, 3.63) is 64.3 Å². The lowest BCUT2D eigenvalue weighted by molar-refractivity contribution is -0.0855. The van der Waals surface area contributed by atoms with Crippen molar-refractivity contribution >= 4 is 34.3 Å². The normalized spacial score (nSPS) is 18.9. The van der Waals surface area contributed by atoms with Crippen LogP contribution < -0.4 is 5.32 Å². The SMILES string of the molecule is Cc1c(C(=O)NC[C@H]2COCCO2)ccc2nn(CC3CCN(C(=O)c4ccc(Cl)cc4)CC3)cc12. The fraction of sp³-hybridized carbons (Fsp3) is 0.444. The lowest BCUT2D eigenvalue weighted by Crippen LogP contribution is -2.39. The number of fused-ring (bicyclic) bond motifs is 1. The van der Waals surface area contributed by atoms with Crippen LogP contribution in [0.1, 0.15) is 39.1 Å². The van der Waals surface area contributed by atoms with Crippen LogP contribution in [0.2, 0.25) is 5.02 Å². The van der Waals surface area contributed by atoms with Crippen LogP contribution in [0.25, 0.3) is 10.9 Å². The number of carbonyl (C=O) groups is 2. The highest BCUT2D eigenvalue weighted by molar-refractivity contribution is 6.30. The number of hydrogen-bond acceptors (Lipinski definition) is 5. The zero-order chi connectivity index (χ0) is 25.1. The molecule has 2 aliphatic heterocycles. The predicted octanol–water partition coefficient (Wildman–Crippen LogP) is 3.70. The topological polar surface area (TPSA) is 85.7 Å². The first-order valence-corrected chi connectivity index (χ1v) is 12.8. The van der Waals surface area contributed by atoms with Gasteiger partial charge in [-0.2, -0.15) is 5.10 Å². The number of amides is 2. The van der Waals surface area contributed by atoms with Gasteiger partial charge in [0.15, 0.2) is 0 Å². The first kappa shape index (κ1) is 24.7. The highest BCUT2D eigenvalue weighted by Gasteiger charge is 2.24. The minimum absolute atomic E-state index is 0.0546. The number of hydrogen-bond donors (Lipinski definition) is 1. The average Bonchev–Trinajstić information content (AvgIpc) is 3.32. The van der Waals surface area contributed by atoms with E-state index in [9.17, 15) is 9.59 Å². The average molecular weight is 511 g/mol. The van der Waals surface area contributed by atoms with E-state index in [-0.39, 0.29) is 17.9 Å². The molecule has 1 atom stereocenters. The van der Waals surface area contributed by atoms with Crippen LogP contribution in [-0.4, -0.2) is 72.1 Å². The second-order valence-corrected chi connectivity index (χ2v) is 9.98. The molecule has 3 heterocycles. The Bertz CT molecular complexity index is 1230. The van der Waals surface area contributed by atoms with E-state index in [1.54, 1.807) is 24.3 Å². The molecule has 190 valence electrons. The quantitative estimate of drug-likeness (QED) is 0.546. The lowest BCUT2D eigenvalue weighted by atomic mass is 9.96. The number of likely N-dealkylation sites (tertiary alicyclic amines) is 1. The zero-order valence-corrected chi connectivity index (χ0v) is 21.2. The summed E-state index contributed by atoms with van der Waals surface area (Å²) in [7, 11) is 0. The predicted molar refractivity (Wildman–Crippen MR) is 137 cm³/mol. The number of aryl methyl sites for hydroxylation is 1. The van der Waals surface area contributed by atoms with E-state index >= 15 is 0 Å². The van der Waals surface area contributed by atoms with Crippen molar-refractivity contribution in [3.63, 3.8) is 0 Å². The molecule has 2 fully saturated rings. The smallest absolute Gasteiger partial charge is 0.253 e. The molecule has 3 aromatic rings. The molecule has 0 bridgehead atoms. The van der Waals surface area contributed by atoms with Crippen molar-refractivity contribution in [3.8, 4) is 0 Å². The van der Waals surface area contributed by atoms with Crippen LogP contribution in [0.3, 0.4) is 0 Å². The standard InChI is InChI=1S/C27H31ClN4O4/c1-18-23(26(33)29-14-22-17-35-12-13-36-22)6-7-25-24(18)16-32(30-25)15-19-8-10-31(11-9-19)27(34)20-2-4-21(28)5-3-20/h2-7,16,19,22H,8-15,17H2,1H3,(H,29,33)/t22-/m0/s1. The van der Waals surface area contributed by atoms with E-state index in [0.29, 0.717) is 48.4 Å². The molecule has 2 saturated heterocycles. The molecule has 0 unspecified atom stereocenters.